The van der Waals surface area contributed by atoms with Gasteiger partial charge in [-0.2, -0.15) is 0 Å². The van der Waals surface area contributed by atoms with Crippen LogP contribution in [-0.4, -0.2) is 48.8 Å². The summed E-state index contributed by atoms with van der Waals surface area (Å²) < 4.78 is 5.92. The van der Waals surface area contributed by atoms with Crippen LogP contribution in [0, 0.1) is 0 Å². The van der Waals surface area contributed by atoms with E-state index in [1.807, 2.05) is 12.3 Å². The van der Waals surface area contributed by atoms with Gasteiger partial charge in [-0.1, -0.05) is 6.07 Å². The molecule has 3 heterocycles. The first-order valence-corrected chi connectivity index (χ1v) is 6.92. The lowest BCUT2D eigenvalue weighted by Crippen LogP contribution is -2.48. The minimum Gasteiger partial charge on any atom is -0.376 e. The van der Waals surface area contributed by atoms with E-state index in [1.165, 1.54) is 6.42 Å². The summed E-state index contributed by atoms with van der Waals surface area (Å²) in [4.78, 5) is 7.08. The Kier molecular flexibility index (Phi) is 3.88. The molecule has 2 atom stereocenters. The zero-order chi connectivity index (χ0) is 12.2. The van der Waals surface area contributed by atoms with Gasteiger partial charge in [0.15, 0.2) is 0 Å². The van der Waals surface area contributed by atoms with Gasteiger partial charge in [0.2, 0.25) is 0 Å². The molecule has 2 aliphatic heterocycles. The molecule has 1 aromatic heterocycles. The molecule has 1 unspecified atom stereocenters. The maximum absolute atomic E-state index is 5.92. The molecule has 98 valence electrons. The minimum atomic E-state index is 0.318. The molecule has 0 radical (unpaired) electrons. The number of hydrogen-bond donors (Lipinski definition) is 1. The molecule has 4 heteroatoms. The maximum Gasteiger partial charge on any atom is 0.0788 e. The lowest BCUT2D eigenvalue weighted by molar-refractivity contribution is 0.0159. The van der Waals surface area contributed by atoms with E-state index in [-0.39, 0.29) is 0 Å². The second-order valence-electron chi connectivity index (χ2n) is 5.04. The summed E-state index contributed by atoms with van der Waals surface area (Å²) in [5, 5.41) is 3.41. The maximum atomic E-state index is 5.92. The van der Waals surface area contributed by atoms with E-state index in [2.05, 4.69) is 27.3 Å². The first kappa shape index (κ1) is 12.1. The molecule has 0 amide bonds. The average Bonchev–Trinajstić information content (AvgIpc) is 2.95. The Labute approximate surface area is 108 Å². The lowest BCUT2D eigenvalue weighted by Gasteiger charge is -2.37. The summed E-state index contributed by atoms with van der Waals surface area (Å²) in [6.07, 6.45) is 4.54. The van der Waals surface area contributed by atoms with Crippen LogP contribution in [0.25, 0.3) is 0 Å². The van der Waals surface area contributed by atoms with Gasteiger partial charge >= 0.3 is 0 Å². The van der Waals surface area contributed by atoms with E-state index < -0.39 is 0 Å². The highest BCUT2D eigenvalue weighted by Gasteiger charge is 2.33. The van der Waals surface area contributed by atoms with Crippen LogP contribution in [0.3, 0.4) is 0 Å². The van der Waals surface area contributed by atoms with Crippen molar-refractivity contribution in [3.63, 3.8) is 0 Å². The Hall–Kier alpha value is -0.970. The van der Waals surface area contributed by atoms with Crippen LogP contribution in [0.4, 0.5) is 0 Å². The molecule has 0 bridgehead atoms. The van der Waals surface area contributed by atoms with Gasteiger partial charge in [-0.05, 0) is 25.0 Å². The van der Waals surface area contributed by atoms with Crippen LogP contribution < -0.4 is 5.32 Å². The molecular weight excluding hydrogens is 226 g/mol. The molecular formula is C14H21N3O. The van der Waals surface area contributed by atoms with Crippen molar-refractivity contribution in [1.82, 2.24) is 15.2 Å². The average molecular weight is 247 g/mol. The van der Waals surface area contributed by atoms with Crippen molar-refractivity contribution in [3.05, 3.63) is 30.1 Å². The Morgan fingerprint density at radius 3 is 2.89 bits per heavy atom. The quantitative estimate of drug-likeness (QED) is 0.871. The molecule has 1 N–H and O–H groups in total. The van der Waals surface area contributed by atoms with E-state index in [4.69, 9.17) is 4.74 Å². The first-order valence-electron chi connectivity index (χ1n) is 6.92. The van der Waals surface area contributed by atoms with Gasteiger partial charge in [-0.25, -0.2) is 0 Å². The third-order valence-electron chi connectivity index (χ3n) is 3.85. The molecule has 0 aliphatic carbocycles. The van der Waals surface area contributed by atoms with Crippen LogP contribution in [0.5, 0.6) is 0 Å². The van der Waals surface area contributed by atoms with E-state index in [1.54, 1.807) is 0 Å². The van der Waals surface area contributed by atoms with E-state index in [0.717, 1.165) is 44.9 Å². The normalized spacial score (nSPS) is 27.2. The van der Waals surface area contributed by atoms with Crippen LogP contribution >= 0.6 is 0 Å². The predicted molar refractivity (Wildman–Crippen MR) is 70.4 cm³/mol. The first-order chi connectivity index (χ1) is 8.95. The standard InChI is InChI=1S/C14H21N3O/c1-2-6-16-12(4-1)14(13-5-3-11-18-13)17-9-7-15-8-10-17/h1-2,4,6,13-15H,3,5,7-11H2/t13?,14-/m1/s1. The Morgan fingerprint density at radius 1 is 1.33 bits per heavy atom. The van der Waals surface area contributed by atoms with Crippen LogP contribution in [0.1, 0.15) is 24.6 Å². The molecule has 1 aromatic rings. The van der Waals surface area contributed by atoms with Crippen LogP contribution in [-0.2, 0) is 4.74 Å². The van der Waals surface area contributed by atoms with Crippen LogP contribution in [0.2, 0.25) is 0 Å². The van der Waals surface area contributed by atoms with Crippen molar-refractivity contribution in [2.75, 3.05) is 32.8 Å². The number of pyridine rings is 1. The molecule has 3 rings (SSSR count). The minimum absolute atomic E-state index is 0.318. The SMILES string of the molecule is c1ccc([C@H](C2CCCO2)N2CCNCC2)nc1. The number of hydrogen-bond acceptors (Lipinski definition) is 4. The monoisotopic (exact) mass is 247 g/mol. The number of nitrogens with one attached hydrogen (secondary N) is 1. The third-order valence-corrected chi connectivity index (χ3v) is 3.85. The largest absolute Gasteiger partial charge is 0.376 e. The van der Waals surface area contributed by atoms with E-state index in [9.17, 15) is 0 Å². The summed E-state index contributed by atoms with van der Waals surface area (Å²) in [5.41, 5.74) is 1.16. The van der Waals surface area contributed by atoms with Gasteiger partial charge < -0.3 is 10.1 Å². The van der Waals surface area contributed by atoms with Gasteiger partial charge in [0, 0.05) is 39.0 Å². The van der Waals surface area contributed by atoms with Crippen LogP contribution in [0.15, 0.2) is 24.4 Å². The van der Waals surface area contributed by atoms with Gasteiger partial charge in [0.25, 0.3) is 0 Å². The van der Waals surface area contributed by atoms with Crippen molar-refractivity contribution in [2.24, 2.45) is 0 Å². The second-order valence-corrected chi connectivity index (χ2v) is 5.04. The third kappa shape index (κ3) is 2.55. The molecule has 18 heavy (non-hydrogen) atoms. The number of nitrogens with zero attached hydrogens (tertiary/aromatic N) is 2. The smallest absolute Gasteiger partial charge is 0.0788 e. The second kappa shape index (κ2) is 5.78. The molecule has 4 nitrogen and oxygen atoms in total. The van der Waals surface area contributed by atoms with E-state index >= 15 is 0 Å². The number of aromatic nitrogens is 1. The molecule has 2 fully saturated rings. The number of rotatable bonds is 3. The van der Waals surface area contributed by atoms with Crippen molar-refractivity contribution in [1.29, 1.82) is 0 Å². The fourth-order valence-electron chi connectivity index (χ4n) is 2.98. The molecule has 0 spiro atoms. The number of piperazine rings is 1. The van der Waals surface area contributed by atoms with Gasteiger partial charge in [-0.15, -0.1) is 0 Å². The summed E-state index contributed by atoms with van der Waals surface area (Å²) in [6, 6.07) is 6.52. The van der Waals surface area contributed by atoms with Crippen molar-refractivity contribution < 1.29 is 4.74 Å². The highest BCUT2D eigenvalue weighted by Crippen LogP contribution is 2.31. The van der Waals surface area contributed by atoms with E-state index in [0.29, 0.717) is 12.1 Å². The van der Waals surface area contributed by atoms with Gasteiger partial charge in [0.1, 0.15) is 0 Å². The Morgan fingerprint density at radius 2 is 2.22 bits per heavy atom. The molecule has 2 aliphatic rings. The fourth-order valence-corrected chi connectivity index (χ4v) is 2.98. The summed E-state index contributed by atoms with van der Waals surface area (Å²) in [5.74, 6) is 0. The summed E-state index contributed by atoms with van der Waals surface area (Å²) in [7, 11) is 0. The molecule has 2 saturated heterocycles. The zero-order valence-corrected chi connectivity index (χ0v) is 10.7. The Balaban J connectivity index is 1.82. The lowest BCUT2D eigenvalue weighted by atomic mass is 10.0. The molecule has 0 saturated carbocycles. The van der Waals surface area contributed by atoms with Gasteiger partial charge in [-0.3, -0.25) is 9.88 Å². The summed E-state index contributed by atoms with van der Waals surface area (Å²) in [6.45, 7) is 5.20. The predicted octanol–water partition coefficient (Wildman–Crippen LogP) is 1.21. The van der Waals surface area contributed by atoms with Crippen molar-refractivity contribution in [2.45, 2.75) is 25.0 Å². The highest BCUT2D eigenvalue weighted by atomic mass is 16.5. The topological polar surface area (TPSA) is 37.4 Å². The van der Waals surface area contributed by atoms with Crippen molar-refractivity contribution >= 4 is 0 Å². The Bertz CT molecular complexity index is 359. The number of ether oxygens (including phenoxy) is 1. The fraction of sp³-hybridized carbons (Fsp3) is 0.643. The van der Waals surface area contributed by atoms with Gasteiger partial charge in [0.05, 0.1) is 17.8 Å². The summed E-state index contributed by atoms with van der Waals surface area (Å²) >= 11 is 0. The highest BCUT2D eigenvalue weighted by molar-refractivity contribution is 5.12. The molecule has 0 aromatic carbocycles. The zero-order valence-electron chi connectivity index (χ0n) is 10.7. The van der Waals surface area contributed by atoms with Crippen molar-refractivity contribution in [3.8, 4) is 0 Å².